The fraction of sp³-hybridized carbons (Fsp3) is 0.667. The molecule has 1 rings (SSSR count). The standard InChI is InChI=1S/C12H16O10/c1-11(2,3)6(4-7(13)14)9(17)19-20-10(18)12(21-22-12)5-8(15)16/h6H,4-5H2,1-3H3,(H,13,14)(H,15,16). The Bertz CT molecular complexity index is 485. The van der Waals surface area contributed by atoms with Gasteiger partial charge in [-0.25, -0.2) is 19.4 Å². The molecule has 0 bridgehead atoms. The van der Waals surface area contributed by atoms with Crippen LogP contribution < -0.4 is 0 Å². The second-order valence-corrected chi connectivity index (χ2v) is 5.78. The van der Waals surface area contributed by atoms with Gasteiger partial charge >= 0.3 is 29.7 Å². The molecule has 1 saturated heterocycles. The third kappa shape index (κ3) is 4.67. The highest BCUT2D eigenvalue weighted by molar-refractivity contribution is 5.85. The van der Waals surface area contributed by atoms with Crippen LogP contribution >= 0.6 is 0 Å². The molecule has 124 valence electrons. The van der Waals surface area contributed by atoms with Crippen molar-refractivity contribution in [2.75, 3.05) is 0 Å². The van der Waals surface area contributed by atoms with Gasteiger partial charge in [0.15, 0.2) is 0 Å². The van der Waals surface area contributed by atoms with Gasteiger partial charge in [-0.2, -0.15) is 9.78 Å². The van der Waals surface area contributed by atoms with Crippen LogP contribution in [0.4, 0.5) is 0 Å². The third-order valence-corrected chi connectivity index (χ3v) is 2.89. The molecule has 22 heavy (non-hydrogen) atoms. The molecule has 10 nitrogen and oxygen atoms in total. The fourth-order valence-electron chi connectivity index (χ4n) is 1.57. The van der Waals surface area contributed by atoms with Gasteiger partial charge < -0.3 is 10.2 Å². The van der Waals surface area contributed by atoms with Gasteiger partial charge in [0.1, 0.15) is 6.42 Å². The summed E-state index contributed by atoms with van der Waals surface area (Å²) in [5, 5.41) is 17.4. The van der Waals surface area contributed by atoms with E-state index < -0.39 is 53.8 Å². The van der Waals surface area contributed by atoms with Crippen LogP contribution in [0.5, 0.6) is 0 Å². The Morgan fingerprint density at radius 3 is 1.95 bits per heavy atom. The molecule has 0 spiro atoms. The summed E-state index contributed by atoms with van der Waals surface area (Å²) in [4.78, 5) is 61.7. The van der Waals surface area contributed by atoms with Crippen molar-refractivity contribution in [2.24, 2.45) is 11.3 Å². The Balaban J connectivity index is 2.62. The van der Waals surface area contributed by atoms with Crippen LogP contribution in [0.15, 0.2) is 0 Å². The lowest BCUT2D eigenvalue weighted by Crippen LogP contribution is -2.35. The van der Waals surface area contributed by atoms with Crippen molar-refractivity contribution in [2.45, 2.75) is 39.4 Å². The number of carbonyl (C=O) groups is 4. The van der Waals surface area contributed by atoms with Gasteiger partial charge in [0.25, 0.3) is 0 Å². The minimum atomic E-state index is -2.13. The van der Waals surface area contributed by atoms with E-state index in [0.29, 0.717) is 0 Å². The molecule has 1 atom stereocenters. The fourth-order valence-corrected chi connectivity index (χ4v) is 1.57. The molecular formula is C12H16O10. The van der Waals surface area contributed by atoms with Gasteiger partial charge in [-0.3, -0.25) is 9.59 Å². The number of carboxylic acids is 2. The van der Waals surface area contributed by atoms with E-state index in [4.69, 9.17) is 10.2 Å². The lowest BCUT2D eigenvalue weighted by Gasteiger charge is -2.26. The number of hydrogen-bond acceptors (Lipinski definition) is 8. The van der Waals surface area contributed by atoms with Crippen molar-refractivity contribution in [3.8, 4) is 0 Å². The van der Waals surface area contributed by atoms with Crippen LogP contribution in [0.3, 0.4) is 0 Å². The summed E-state index contributed by atoms with van der Waals surface area (Å²) in [5.74, 6) is -8.25. The zero-order valence-electron chi connectivity index (χ0n) is 12.2. The maximum atomic E-state index is 11.8. The Hall–Kier alpha value is -2.20. The first-order valence-electron chi connectivity index (χ1n) is 6.21. The maximum Gasteiger partial charge on any atom is 0.420 e. The van der Waals surface area contributed by atoms with Crippen LogP contribution in [-0.4, -0.2) is 39.9 Å². The summed E-state index contributed by atoms with van der Waals surface area (Å²) < 4.78 is 0. The predicted octanol–water partition coefficient (Wildman–Crippen LogP) is 0.258. The first-order valence-corrected chi connectivity index (χ1v) is 6.21. The minimum Gasteiger partial charge on any atom is -0.481 e. The summed E-state index contributed by atoms with van der Waals surface area (Å²) in [6.07, 6.45) is -1.35. The molecule has 1 aliphatic rings. The molecule has 0 saturated carbocycles. The van der Waals surface area contributed by atoms with Crippen LogP contribution in [0, 0.1) is 11.3 Å². The van der Waals surface area contributed by atoms with E-state index in [9.17, 15) is 19.2 Å². The molecule has 0 radical (unpaired) electrons. The average Bonchev–Trinajstić information content (AvgIpc) is 3.11. The van der Waals surface area contributed by atoms with Crippen LogP contribution in [0.2, 0.25) is 0 Å². The number of carboxylic acid groups (broad SMARTS) is 2. The highest BCUT2D eigenvalue weighted by Crippen LogP contribution is 2.35. The Morgan fingerprint density at radius 1 is 1.05 bits per heavy atom. The van der Waals surface area contributed by atoms with E-state index >= 15 is 0 Å². The first-order chi connectivity index (χ1) is 9.98. The molecule has 1 fully saturated rings. The molecule has 1 heterocycles. The summed E-state index contributed by atoms with van der Waals surface area (Å²) >= 11 is 0. The van der Waals surface area contributed by atoms with E-state index in [0.717, 1.165) is 0 Å². The minimum absolute atomic E-state index is 0.521. The number of carbonyl (C=O) groups excluding carboxylic acids is 2. The van der Waals surface area contributed by atoms with Gasteiger partial charge in [-0.05, 0) is 5.41 Å². The van der Waals surface area contributed by atoms with E-state index in [1.807, 2.05) is 0 Å². The molecule has 0 amide bonds. The molecule has 1 unspecified atom stereocenters. The second-order valence-electron chi connectivity index (χ2n) is 5.78. The lowest BCUT2D eigenvalue weighted by atomic mass is 9.79. The van der Waals surface area contributed by atoms with Gasteiger partial charge in [0.05, 0.1) is 12.3 Å². The molecule has 0 aromatic heterocycles. The molecule has 2 N–H and O–H groups in total. The van der Waals surface area contributed by atoms with Crippen molar-refractivity contribution < 1.29 is 48.9 Å². The van der Waals surface area contributed by atoms with Crippen LogP contribution in [-0.2, 0) is 38.7 Å². The Labute approximate surface area is 124 Å². The van der Waals surface area contributed by atoms with Crippen molar-refractivity contribution in [3.63, 3.8) is 0 Å². The van der Waals surface area contributed by atoms with E-state index in [1.54, 1.807) is 20.8 Å². The molecule has 0 aliphatic carbocycles. The van der Waals surface area contributed by atoms with Crippen LogP contribution in [0.1, 0.15) is 33.6 Å². The highest BCUT2D eigenvalue weighted by Gasteiger charge is 2.61. The molecule has 1 aliphatic heterocycles. The second kappa shape index (κ2) is 6.28. The smallest absolute Gasteiger partial charge is 0.420 e. The third-order valence-electron chi connectivity index (χ3n) is 2.89. The molecular weight excluding hydrogens is 304 g/mol. The van der Waals surface area contributed by atoms with E-state index in [1.165, 1.54) is 0 Å². The van der Waals surface area contributed by atoms with E-state index in [-0.39, 0.29) is 0 Å². The normalized spacial score (nSPS) is 17.2. The van der Waals surface area contributed by atoms with Crippen molar-refractivity contribution in [1.29, 1.82) is 0 Å². The predicted molar refractivity (Wildman–Crippen MR) is 64.5 cm³/mol. The largest absolute Gasteiger partial charge is 0.481 e. The summed E-state index contributed by atoms with van der Waals surface area (Å²) in [7, 11) is 0. The van der Waals surface area contributed by atoms with Crippen molar-refractivity contribution in [1.82, 2.24) is 0 Å². The van der Waals surface area contributed by atoms with Gasteiger partial charge in [-0.15, -0.1) is 0 Å². The van der Waals surface area contributed by atoms with Gasteiger partial charge in [0, 0.05) is 0 Å². The van der Waals surface area contributed by atoms with Gasteiger partial charge in [0.2, 0.25) is 0 Å². The molecule has 0 aromatic rings. The molecule has 0 aromatic carbocycles. The summed E-state index contributed by atoms with van der Waals surface area (Å²) in [6, 6.07) is 0. The zero-order chi connectivity index (χ0) is 17.1. The zero-order valence-corrected chi connectivity index (χ0v) is 12.2. The highest BCUT2D eigenvalue weighted by atomic mass is 17.4. The topological polar surface area (TPSA) is 152 Å². The Morgan fingerprint density at radius 2 is 1.59 bits per heavy atom. The van der Waals surface area contributed by atoms with Crippen molar-refractivity contribution in [3.05, 3.63) is 0 Å². The monoisotopic (exact) mass is 320 g/mol. The van der Waals surface area contributed by atoms with Crippen molar-refractivity contribution >= 4 is 23.9 Å². The Kier molecular flexibility index (Phi) is 5.09. The number of rotatable bonds is 6. The quantitative estimate of drug-likeness (QED) is 0.395. The maximum absolute atomic E-state index is 11.8. The van der Waals surface area contributed by atoms with E-state index in [2.05, 4.69) is 19.6 Å². The lowest BCUT2D eigenvalue weighted by molar-refractivity contribution is -0.269. The number of aliphatic carboxylic acids is 2. The first kappa shape index (κ1) is 17.9. The number of hydrogen-bond donors (Lipinski definition) is 2. The SMILES string of the molecule is CC(C)(C)C(CC(=O)O)C(=O)OOC(=O)C1(CC(=O)O)OO1. The average molecular weight is 320 g/mol. The van der Waals surface area contributed by atoms with Gasteiger partial charge in [-0.1, -0.05) is 20.8 Å². The molecule has 10 heteroatoms. The van der Waals surface area contributed by atoms with Crippen LogP contribution in [0.25, 0.3) is 0 Å². The summed E-state index contributed by atoms with van der Waals surface area (Å²) in [6.45, 7) is 4.84. The summed E-state index contributed by atoms with van der Waals surface area (Å²) in [5.41, 5.74) is -0.757.